The first kappa shape index (κ1) is 16.7. The molecule has 1 N–H and O–H groups in total. The number of amides is 1. The number of carbonyl (C=O) groups is 2. The van der Waals surface area contributed by atoms with E-state index in [2.05, 4.69) is 4.74 Å². The number of halogens is 3. The number of nitrogens with zero attached hydrogens (tertiary/aromatic N) is 1. The molecular formula is C12H18F3NO4. The Bertz CT molecular complexity index is 372. The number of likely N-dealkylation sites (tertiary alicyclic amines) is 1. The van der Waals surface area contributed by atoms with Crippen LogP contribution >= 0.6 is 0 Å². The maximum absolute atomic E-state index is 11.9. The van der Waals surface area contributed by atoms with Gasteiger partial charge in [0, 0.05) is 6.54 Å². The number of alkyl halides is 3. The van der Waals surface area contributed by atoms with E-state index in [1.54, 1.807) is 6.92 Å². The Balaban J connectivity index is 2.68. The minimum absolute atomic E-state index is 0.237. The molecule has 0 aromatic carbocycles. The Morgan fingerprint density at radius 1 is 1.40 bits per heavy atom. The summed E-state index contributed by atoms with van der Waals surface area (Å²) in [7, 11) is 0. The second kappa shape index (κ2) is 6.43. The number of rotatable bonds is 6. The van der Waals surface area contributed by atoms with Crippen LogP contribution in [0, 0.1) is 0 Å². The third kappa shape index (κ3) is 3.84. The summed E-state index contributed by atoms with van der Waals surface area (Å²) < 4.78 is 40.1. The van der Waals surface area contributed by atoms with E-state index in [1.807, 2.05) is 0 Å². The van der Waals surface area contributed by atoms with Crippen molar-refractivity contribution in [3.05, 3.63) is 0 Å². The Labute approximate surface area is 114 Å². The zero-order valence-corrected chi connectivity index (χ0v) is 11.2. The van der Waals surface area contributed by atoms with E-state index in [0.717, 1.165) is 4.90 Å². The molecule has 1 rings (SSSR count). The highest BCUT2D eigenvalue weighted by atomic mass is 19.4. The smallest absolute Gasteiger partial charge is 0.411 e. The molecule has 1 atom stereocenters. The largest absolute Gasteiger partial charge is 0.479 e. The highest BCUT2D eigenvalue weighted by Crippen LogP contribution is 2.34. The van der Waals surface area contributed by atoms with Gasteiger partial charge < -0.3 is 14.7 Å². The van der Waals surface area contributed by atoms with Gasteiger partial charge in [0.05, 0.1) is 0 Å². The molecule has 5 nitrogen and oxygen atoms in total. The van der Waals surface area contributed by atoms with Crippen LogP contribution in [-0.4, -0.2) is 53.4 Å². The van der Waals surface area contributed by atoms with Crippen LogP contribution in [0.3, 0.4) is 0 Å². The molecule has 1 saturated heterocycles. The molecule has 8 heteroatoms. The van der Waals surface area contributed by atoms with Crippen molar-refractivity contribution in [2.24, 2.45) is 0 Å². The van der Waals surface area contributed by atoms with Crippen LogP contribution in [0.2, 0.25) is 0 Å². The molecule has 0 saturated carbocycles. The first-order chi connectivity index (χ1) is 9.23. The normalized spacial score (nSPS) is 23.1. The van der Waals surface area contributed by atoms with E-state index in [-0.39, 0.29) is 13.0 Å². The summed E-state index contributed by atoms with van der Waals surface area (Å²) >= 11 is 0. The fraction of sp³-hybridized carbons (Fsp3) is 0.833. The van der Waals surface area contributed by atoms with Crippen molar-refractivity contribution >= 4 is 11.9 Å². The van der Waals surface area contributed by atoms with Crippen molar-refractivity contribution in [3.63, 3.8) is 0 Å². The molecule has 1 aliphatic heterocycles. The molecule has 0 radical (unpaired) electrons. The molecule has 1 aliphatic rings. The van der Waals surface area contributed by atoms with Gasteiger partial charge >= 0.3 is 12.1 Å². The van der Waals surface area contributed by atoms with E-state index >= 15 is 0 Å². The molecule has 1 heterocycles. The van der Waals surface area contributed by atoms with Gasteiger partial charge in [0.2, 0.25) is 5.91 Å². The second-order valence-corrected chi connectivity index (χ2v) is 4.84. The molecule has 1 unspecified atom stereocenters. The standard InChI is InChI=1S/C12H18F3NO4/c1-2-4-11(10(18)19)5-3-6-16(11)9(17)7-20-8-12(13,14)15/h2-8H2,1H3,(H,18,19). The van der Waals surface area contributed by atoms with Crippen LogP contribution < -0.4 is 0 Å². The van der Waals surface area contributed by atoms with E-state index < -0.39 is 36.8 Å². The number of ether oxygens (including phenoxy) is 1. The number of carbonyl (C=O) groups excluding carboxylic acids is 1. The van der Waals surface area contributed by atoms with Gasteiger partial charge in [-0.25, -0.2) is 4.79 Å². The van der Waals surface area contributed by atoms with Crippen molar-refractivity contribution in [3.8, 4) is 0 Å². The predicted octanol–water partition coefficient (Wildman–Crippen LogP) is 1.81. The minimum Gasteiger partial charge on any atom is -0.479 e. The van der Waals surface area contributed by atoms with Gasteiger partial charge in [-0.15, -0.1) is 0 Å². The third-order valence-electron chi connectivity index (χ3n) is 3.34. The predicted molar refractivity (Wildman–Crippen MR) is 63.1 cm³/mol. The lowest BCUT2D eigenvalue weighted by Gasteiger charge is -2.34. The van der Waals surface area contributed by atoms with E-state index in [1.165, 1.54) is 0 Å². The zero-order chi connectivity index (χ0) is 15.4. The summed E-state index contributed by atoms with van der Waals surface area (Å²) in [6.45, 7) is -0.231. The second-order valence-electron chi connectivity index (χ2n) is 4.84. The van der Waals surface area contributed by atoms with Gasteiger partial charge in [0.1, 0.15) is 18.8 Å². The molecule has 1 fully saturated rings. The van der Waals surface area contributed by atoms with E-state index in [4.69, 9.17) is 0 Å². The van der Waals surface area contributed by atoms with Crippen LogP contribution in [0.5, 0.6) is 0 Å². The highest BCUT2D eigenvalue weighted by molar-refractivity contribution is 5.88. The third-order valence-corrected chi connectivity index (χ3v) is 3.34. The monoisotopic (exact) mass is 297 g/mol. The fourth-order valence-electron chi connectivity index (χ4n) is 2.58. The van der Waals surface area contributed by atoms with Gasteiger partial charge in [0.25, 0.3) is 0 Å². The summed E-state index contributed by atoms with van der Waals surface area (Å²) in [4.78, 5) is 24.5. The fourth-order valence-corrected chi connectivity index (χ4v) is 2.58. The van der Waals surface area contributed by atoms with Gasteiger partial charge in [-0.3, -0.25) is 4.79 Å². The summed E-state index contributed by atoms with van der Waals surface area (Å²) in [5, 5.41) is 9.35. The Morgan fingerprint density at radius 2 is 2.05 bits per heavy atom. The van der Waals surface area contributed by atoms with Crippen molar-refractivity contribution in [2.45, 2.75) is 44.3 Å². The molecule has 116 valence electrons. The summed E-state index contributed by atoms with van der Waals surface area (Å²) in [5.74, 6) is -1.82. The van der Waals surface area contributed by atoms with Crippen LogP contribution in [0.15, 0.2) is 0 Å². The molecule has 0 aromatic rings. The Hall–Kier alpha value is -1.31. The first-order valence-electron chi connectivity index (χ1n) is 6.41. The number of hydrogen-bond donors (Lipinski definition) is 1. The lowest BCUT2D eigenvalue weighted by atomic mass is 9.90. The molecular weight excluding hydrogens is 279 g/mol. The van der Waals surface area contributed by atoms with Gasteiger partial charge in [-0.2, -0.15) is 13.2 Å². The lowest BCUT2D eigenvalue weighted by molar-refractivity contribution is -0.180. The van der Waals surface area contributed by atoms with Crippen LogP contribution in [-0.2, 0) is 14.3 Å². The van der Waals surface area contributed by atoms with Crippen molar-refractivity contribution in [2.75, 3.05) is 19.8 Å². The Morgan fingerprint density at radius 3 is 2.55 bits per heavy atom. The average Bonchev–Trinajstić information content (AvgIpc) is 2.72. The minimum atomic E-state index is -4.50. The maximum atomic E-state index is 11.9. The SMILES string of the molecule is CCCC1(C(=O)O)CCCN1C(=O)COCC(F)(F)F. The topological polar surface area (TPSA) is 66.8 Å². The zero-order valence-electron chi connectivity index (χ0n) is 11.2. The molecule has 0 aromatic heterocycles. The summed E-state index contributed by atoms with van der Waals surface area (Å²) in [6, 6.07) is 0. The molecule has 1 amide bonds. The number of hydrogen-bond acceptors (Lipinski definition) is 3. The molecule has 0 aliphatic carbocycles. The van der Waals surface area contributed by atoms with Gasteiger partial charge in [-0.05, 0) is 19.3 Å². The average molecular weight is 297 g/mol. The van der Waals surface area contributed by atoms with E-state index in [9.17, 15) is 27.9 Å². The van der Waals surface area contributed by atoms with Crippen LogP contribution in [0.1, 0.15) is 32.6 Å². The van der Waals surface area contributed by atoms with Crippen molar-refractivity contribution in [1.29, 1.82) is 0 Å². The molecule has 0 bridgehead atoms. The van der Waals surface area contributed by atoms with Crippen LogP contribution in [0.25, 0.3) is 0 Å². The number of aliphatic carboxylic acids is 1. The highest BCUT2D eigenvalue weighted by Gasteiger charge is 2.49. The van der Waals surface area contributed by atoms with Crippen molar-refractivity contribution in [1.82, 2.24) is 4.90 Å². The molecule has 0 spiro atoms. The van der Waals surface area contributed by atoms with Gasteiger partial charge in [0.15, 0.2) is 0 Å². The Kier molecular flexibility index (Phi) is 5.38. The van der Waals surface area contributed by atoms with E-state index in [0.29, 0.717) is 19.3 Å². The summed E-state index contributed by atoms with van der Waals surface area (Å²) in [5.41, 5.74) is -1.30. The summed E-state index contributed by atoms with van der Waals surface area (Å²) in [6.07, 6.45) is -2.80. The first-order valence-corrected chi connectivity index (χ1v) is 6.41. The lowest BCUT2D eigenvalue weighted by Crippen LogP contribution is -2.54. The number of carboxylic acid groups (broad SMARTS) is 1. The van der Waals surface area contributed by atoms with Crippen molar-refractivity contribution < 1.29 is 32.6 Å². The maximum Gasteiger partial charge on any atom is 0.411 e. The quantitative estimate of drug-likeness (QED) is 0.812. The van der Waals surface area contributed by atoms with Crippen LogP contribution in [0.4, 0.5) is 13.2 Å². The van der Waals surface area contributed by atoms with Gasteiger partial charge in [-0.1, -0.05) is 13.3 Å². The number of carboxylic acids is 1. The molecule has 20 heavy (non-hydrogen) atoms.